The molecule has 0 bridgehead atoms. The number of carbonyl (C=O) groups is 3. The molecule has 100 valence electrons. The van der Waals surface area contributed by atoms with Crippen LogP contribution in [-0.2, 0) is 9.59 Å². The van der Waals surface area contributed by atoms with Crippen molar-refractivity contribution in [2.75, 3.05) is 6.54 Å². The average Bonchev–Trinajstić information content (AvgIpc) is 2.35. The number of rotatable bonds is 3. The summed E-state index contributed by atoms with van der Waals surface area (Å²) in [6, 6.07) is -0.621. The van der Waals surface area contributed by atoms with E-state index in [4.69, 9.17) is 5.73 Å². The van der Waals surface area contributed by atoms with Crippen LogP contribution < -0.4 is 11.1 Å². The number of amides is 4. The van der Waals surface area contributed by atoms with Gasteiger partial charge in [-0.25, -0.2) is 4.79 Å². The van der Waals surface area contributed by atoms with Crippen molar-refractivity contribution in [1.82, 2.24) is 10.2 Å². The number of hydrogen-bond acceptors (Lipinski definition) is 4. The van der Waals surface area contributed by atoms with E-state index < -0.39 is 17.9 Å². The first-order chi connectivity index (χ1) is 8.65. The summed E-state index contributed by atoms with van der Waals surface area (Å²) in [4.78, 5) is 36.9. The SMILES string of the molecule is NCCC1C(=O)NC(=O)N(C2CCCCC2)C1=O. The van der Waals surface area contributed by atoms with E-state index in [0.717, 1.165) is 32.1 Å². The summed E-state index contributed by atoms with van der Waals surface area (Å²) < 4.78 is 0. The molecule has 0 radical (unpaired) electrons. The second-order valence-electron chi connectivity index (χ2n) is 4.92. The smallest absolute Gasteiger partial charge is 0.330 e. The molecule has 0 aromatic heterocycles. The Hall–Kier alpha value is -1.43. The summed E-state index contributed by atoms with van der Waals surface area (Å²) in [5, 5.41) is 2.26. The number of imide groups is 2. The van der Waals surface area contributed by atoms with Crippen molar-refractivity contribution >= 4 is 17.8 Å². The van der Waals surface area contributed by atoms with Gasteiger partial charge in [0.05, 0.1) is 0 Å². The van der Waals surface area contributed by atoms with Gasteiger partial charge in [0.25, 0.3) is 0 Å². The van der Waals surface area contributed by atoms with Crippen molar-refractivity contribution < 1.29 is 14.4 Å². The van der Waals surface area contributed by atoms with Gasteiger partial charge >= 0.3 is 6.03 Å². The minimum absolute atomic E-state index is 0.0559. The van der Waals surface area contributed by atoms with E-state index in [1.165, 1.54) is 4.90 Å². The zero-order valence-electron chi connectivity index (χ0n) is 10.4. The van der Waals surface area contributed by atoms with Gasteiger partial charge in [0.1, 0.15) is 5.92 Å². The van der Waals surface area contributed by atoms with Gasteiger partial charge in [0, 0.05) is 6.04 Å². The number of nitrogens with zero attached hydrogens (tertiary/aromatic N) is 1. The van der Waals surface area contributed by atoms with Gasteiger partial charge < -0.3 is 5.73 Å². The summed E-state index contributed by atoms with van der Waals surface area (Å²) in [6.45, 7) is 0.260. The van der Waals surface area contributed by atoms with Crippen molar-refractivity contribution in [2.24, 2.45) is 11.7 Å². The summed E-state index contributed by atoms with van der Waals surface area (Å²) in [6.07, 6.45) is 5.16. The van der Waals surface area contributed by atoms with E-state index in [2.05, 4.69) is 5.32 Å². The number of nitrogens with one attached hydrogen (secondary N) is 1. The largest absolute Gasteiger partial charge is 0.331 e. The van der Waals surface area contributed by atoms with Crippen molar-refractivity contribution in [1.29, 1.82) is 0 Å². The van der Waals surface area contributed by atoms with E-state index in [9.17, 15) is 14.4 Å². The van der Waals surface area contributed by atoms with Gasteiger partial charge in [-0.05, 0) is 25.8 Å². The molecule has 0 spiro atoms. The lowest BCUT2D eigenvalue weighted by Crippen LogP contribution is -2.61. The summed E-state index contributed by atoms with van der Waals surface area (Å²) >= 11 is 0. The lowest BCUT2D eigenvalue weighted by Gasteiger charge is -2.37. The third kappa shape index (κ3) is 2.38. The third-order valence-corrected chi connectivity index (χ3v) is 3.70. The Morgan fingerprint density at radius 3 is 2.44 bits per heavy atom. The maximum Gasteiger partial charge on any atom is 0.331 e. The second kappa shape index (κ2) is 5.48. The minimum Gasteiger partial charge on any atom is -0.330 e. The highest BCUT2D eigenvalue weighted by molar-refractivity contribution is 6.16. The van der Waals surface area contributed by atoms with Gasteiger partial charge in [-0.1, -0.05) is 19.3 Å². The van der Waals surface area contributed by atoms with Crippen LogP contribution in [0.3, 0.4) is 0 Å². The molecule has 6 heteroatoms. The standard InChI is InChI=1S/C12H19N3O3/c13-7-6-9-10(16)14-12(18)15(11(9)17)8-4-2-1-3-5-8/h8-9H,1-7,13H2,(H,14,16,18). The second-order valence-corrected chi connectivity index (χ2v) is 4.92. The molecule has 1 aliphatic carbocycles. The molecule has 18 heavy (non-hydrogen) atoms. The Morgan fingerprint density at radius 2 is 1.83 bits per heavy atom. The zero-order chi connectivity index (χ0) is 13.1. The molecule has 2 rings (SSSR count). The van der Waals surface area contributed by atoms with Crippen LogP contribution in [-0.4, -0.2) is 35.3 Å². The van der Waals surface area contributed by atoms with Crippen molar-refractivity contribution in [3.8, 4) is 0 Å². The van der Waals surface area contributed by atoms with Crippen LogP contribution in [0.25, 0.3) is 0 Å². The molecule has 3 N–H and O–H groups in total. The van der Waals surface area contributed by atoms with Gasteiger partial charge in [-0.3, -0.25) is 19.8 Å². The molecule has 1 saturated heterocycles. The molecule has 2 fully saturated rings. The van der Waals surface area contributed by atoms with E-state index in [0.29, 0.717) is 6.42 Å². The monoisotopic (exact) mass is 253 g/mol. The maximum atomic E-state index is 12.2. The quantitative estimate of drug-likeness (QED) is 0.710. The van der Waals surface area contributed by atoms with E-state index in [-0.39, 0.29) is 18.5 Å². The number of urea groups is 1. The Kier molecular flexibility index (Phi) is 3.96. The first-order valence-corrected chi connectivity index (χ1v) is 6.53. The van der Waals surface area contributed by atoms with Crippen LogP contribution >= 0.6 is 0 Å². The first kappa shape index (κ1) is 13.0. The predicted octanol–water partition coefficient (Wildman–Crippen LogP) is 0.363. The topological polar surface area (TPSA) is 92.5 Å². The number of barbiturate groups is 1. The van der Waals surface area contributed by atoms with Gasteiger partial charge in [-0.15, -0.1) is 0 Å². The van der Waals surface area contributed by atoms with Crippen molar-refractivity contribution in [3.05, 3.63) is 0 Å². The normalized spacial score (nSPS) is 26.4. The Bertz CT molecular complexity index is 364. The lowest BCUT2D eigenvalue weighted by molar-refractivity contribution is -0.144. The average molecular weight is 253 g/mol. The van der Waals surface area contributed by atoms with Crippen LogP contribution in [0.5, 0.6) is 0 Å². The molecule has 6 nitrogen and oxygen atoms in total. The predicted molar refractivity (Wildman–Crippen MR) is 64.4 cm³/mol. The minimum atomic E-state index is -0.797. The molecule has 0 aromatic rings. The molecular weight excluding hydrogens is 234 g/mol. The molecule has 1 aliphatic heterocycles. The van der Waals surface area contributed by atoms with Crippen molar-refractivity contribution in [2.45, 2.75) is 44.6 Å². The summed E-state index contributed by atoms with van der Waals surface area (Å²) in [7, 11) is 0. The highest BCUT2D eigenvalue weighted by Gasteiger charge is 2.43. The lowest BCUT2D eigenvalue weighted by atomic mass is 9.91. The number of nitrogens with two attached hydrogens (primary N) is 1. The maximum absolute atomic E-state index is 12.2. The van der Waals surface area contributed by atoms with Gasteiger partial charge in [0.15, 0.2) is 0 Å². The van der Waals surface area contributed by atoms with Crippen LogP contribution in [0, 0.1) is 5.92 Å². The molecule has 2 aliphatic rings. The number of hydrogen-bond donors (Lipinski definition) is 2. The van der Waals surface area contributed by atoms with Gasteiger partial charge in [-0.2, -0.15) is 0 Å². The van der Waals surface area contributed by atoms with Crippen LogP contribution in [0.1, 0.15) is 38.5 Å². The van der Waals surface area contributed by atoms with Crippen LogP contribution in [0.4, 0.5) is 4.79 Å². The molecule has 4 amide bonds. The fourth-order valence-corrected chi connectivity index (χ4v) is 2.74. The van der Waals surface area contributed by atoms with E-state index >= 15 is 0 Å². The fraction of sp³-hybridized carbons (Fsp3) is 0.750. The van der Waals surface area contributed by atoms with Crippen LogP contribution in [0.2, 0.25) is 0 Å². The molecule has 1 atom stereocenters. The molecule has 0 aromatic carbocycles. The molecular formula is C12H19N3O3. The zero-order valence-corrected chi connectivity index (χ0v) is 10.4. The Balaban J connectivity index is 2.14. The highest BCUT2D eigenvalue weighted by Crippen LogP contribution is 2.26. The van der Waals surface area contributed by atoms with Gasteiger partial charge in [0.2, 0.25) is 11.8 Å². The Labute approximate surface area is 106 Å². The summed E-state index contributed by atoms with van der Waals surface area (Å²) in [5.74, 6) is -1.68. The molecule has 1 unspecified atom stereocenters. The number of carbonyl (C=O) groups excluding carboxylic acids is 3. The summed E-state index contributed by atoms with van der Waals surface area (Å²) in [5.41, 5.74) is 5.41. The van der Waals surface area contributed by atoms with E-state index in [1.807, 2.05) is 0 Å². The fourth-order valence-electron chi connectivity index (χ4n) is 2.74. The molecule has 1 heterocycles. The Morgan fingerprint density at radius 1 is 1.17 bits per heavy atom. The highest BCUT2D eigenvalue weighted by atomic mass is 16.2. The van der Waals surface area contributed by atoms with Crippen molar-refractivity contribution in [3.63, 3.8) is 0 Å². The third-order valence-electron chi connectivity index (χ3n) is 3.70. The first-order valence-electron chi connectivity index (χ1n) is 6.53. The van der Waals surface area contributed by atoms with E-state index in [1.54, 1.807) is 0 Å². The molecule has 1 saturated carbocycles. The van der Waals surface area contributed by atoms with Crippen LogP contribution in [0.15, 0.2) is 0 Å².